The van der Waals surface area contributed by atoms with Crippen LogP contribution < -0.4 is 5.73 Å². The molecule has 0 fully saturated rings. The van der Waals surface area contributed by atoms with Crippen LogP contribution in [0.3, 0.4) is 0 Å². The van der Waals surface area contributed by atoms with Crippen molar-refractivity contribution < 1.29 is 9.53 Å². The molecule has 0 saturated carbocycles. The second-order valence-corrected chi connectivity index (χ2v) is 2.90. The fraction of sp³-hybridized carbons (Fsp3) is 0.375. The number of hydrogen-bond acceptors (Lipinski definition) is 5. The maximum Gasteiger partial charge on any atom is 0.313 e. The first kappa shape index (κ1) is 10.7. The van der Waals surface area contributed by atoms with Gasteiger partial charge in [-0.2, -0.15) is 0 Å². The molecule has 0 bridgehead atoms. The first-order valence-corrected chi connectivity index (χ1v) is 4.44. The van der Waals surface area contributed by atoms with E-state index < -0.39 is 5.97 Å². The van der Waals surface area contributed by atoms with Crippen LogP contribution in [0.1, 0.15) is 12.7 Å². The molecular weight excluding hydrogens is 206 g/mol. The van der Waals surface area contributed by atoms with Crippen molar-refractivity contribution >= 4 is 23.4 Å². The van der Waals surface area contributed by atoms with Gasteiger partial charge in [-0.3, -0.25) is 4.79 Å². The van der Waals surface area contributed by atoms with Gasteiger partial charge in [0.2, 0.25) is 0 Å². The Balaban J connectivity index is 2.71. The largest absolute Gasteiger partial charge is 0.466 e. The third-order valence-corrected chi connectivity index (χ3v) is 1.56. The second kappa shape index (κ2) is 4.76. The third-order valence-electron chi connectivity index (χ3n) is 1.37. The van der Waals surface area contributed by atoms with Crippen molar-refractivity contribution in [3.8, 4) is 0 Å². The number of rotatable bonds is 3. The number of nitrogen functional groups attached to an aromatic ring is 1. The molecule has 0 atom stereocenters. The lowest BCUT2D eigenvalue weighted by atomic mass is 10.4. The van der Waals surface area contributed by atoms with Gasteiger partial charge in [-0.1, -0.05) is 11.6 Å². The van der Waals surface area contributed by atoms with Gasteiger partial charge in [-0.25, -0.2) is 9.97 Å². The molecule has 0 unspecified atom stereocenters. The maximum atomic E-state index is 11.0. The lowest BCUT2D eigenvalue weighted by Crippen LogP contribution is -2.11. The first-order chi connectivity index (χ1) is 6.61. The van der Waals surface area contributed by atoms with Crippen molar-refractivity contribution in [1.82, 2.24) is 9.97 Å². The summed E-state index contributed by atoms with van der Waals surface area (Å²) in [6.45, 7) is 2.06. The summed E-state index contributed by atoms with van der Waals surface area (Å²) >= 11 is 5.63. The van der Waals surface area contributed by atoms with Gasteiger partial charge in [0.25, 0.3) is 0 Å². The molecule has 1 rings (SSSR count). The summed E-state index contributed by atoms with van der Waals surface area (Å²) < 4.78 is 4.72. The summed E-state index contributed by atoms with van der Waals surface area (Å²) in [5.41, 5.74) is 5.42. The normalized spacial score (nSPS) is 9.86. The van der Waals surface area contributed by atoms with Gasteiger partial charge in [0, 0.05) is 6.07 Å². The summed E-state index contributed by atoms with van der Waals surface area (Å²) in [4.78, 5) is 18.7. The minimum absolute atomic E-state index is 0.0153. The molecular formula is C8H10ClN3O2. The Morgan fingerprint density at radius 3 is 2.93 bits per heavy atom. The van der Waals surface area contributed by atoms with E-state index in [1.165, 1.54) is 6.07 Å². The number of hydrogen-bond donors (Lipinski definition) is 1. The number of nitrogens with zero attached hydrogens (tertiary/aromatic N) is 2. The van der Waals surface area contributed by atoms with Crippen molar-refractivity contribution in [3.05, 3.63) is 17.0 Å². The van der Waals surface area contributed by atoms with Gasteiger partial charge in [-0.15, -0.1) is 0 Å². The number of carbonyl (C=O) groups excluding carboxylic acids is 1. The van der Waals surface area contributed by atoms with E-state index in [1.807, 2.05) is 0 Å². The van der Waals surface area contributed by atoms with Crippen LogP contribution in [0.15, 0.2) is 6.07 Å². The van der Waals surface area contributed by atoms with Crippen LogP contribution in [0.2, 0.25) is 5.15 Å². The number of carbonyl (C=O) groups is 1. The molecule has 0 radical (unpaired) electrons. The van der Waals surface area contributed by atoms with Crippen LogP contribution in [-0.4, -0.2) is 22.5 Å². The fourth-order valence-corrected chi connectivity index (χ4v) is 1.11. The zero-order chi connectivity index (χ0) is 10.6. The highest BCUT2D eigenvalue weighted by Gasteiger charge is 2.08. The average Bonchev–Trinajstić information content (AvgIpc) is 2.01. The molecule has 0 aliphatic heterocycles. The topological polar surface area (TPSA) is 78.1 Å². The predicted molar refractivity (Wildman–Crippen MR) is 51.8 cm³/mol. The molecule has 14 heavy (non-hydrogen) atoms. The zero-order valence-electron chi connectivity index (χ0n) is 7.66. The van der Waals surface area contributed by atoms with E-state index in [1.54, 1.807) is 6.92 Å². The van der Waals surface area contributed by atoms with Gasteiger partial charge in [0.1, 0.15) is 23.2 Å². The molecule has 0 aliphatic carbocycles. The average molecular weight is 216 g/mol. The first-order valence-electron chi connectivity index (χ1n) is 4.06. The van der Waals surface area contributed by atoms with Crippen molar-refractivity contribution in [3.63, 3.8) is 0 Å². The molecule has 1 aromatic rings. The van der Waals surface area contributed by atoms with Crippen LogP contribution in [0, 0.1) is 0 Å². The van der Waals surface area contributed by atoms with Gasteiger partial charge in [-0.05, 0) is 6.92 Å². The lowest BCUT2D eigenvalue weighted by molar-refractivity contribution is -0.142. The molecule has 1 aromatic heterocycles. The van der Waals surface area contributed by atoms with Crippen molar-refractivity contribution in [2.24, 2.45) is 0 Å². The van der Waals surface area contributed by atoms with Crippen molar-refractivity contribution in [1.29, 1.82) is 0 Å². The van der Waals surface area contributed by atoms with Gasteiger partial charge in [0.05, 0.1) is 6.61 Å². The molecule has 0 spiro atoms. The quantitative estimate of drug-likeness (QED) is 0.597. The Labute approximate surface area is 86.2 Å². The third kappa shape index (κ3) is 3.18. The number of nitrogens with two attached hydrogens (primary N) is 1. The number of aromatic nitrogens is 2. The smallest absolute Gasteiger partial charge is 0.313 e. The van der Waals surface area contributed by atoms with Crippen LogP contribution in [-0.2, 0) is 16.0 Å². The van der Waals surface area contributed by atoms with E-state index in [9.17, 15) is 4.79 Å². The van der Waals surface area contributed by atoms with E-state index in [0.717, 1.165) is 0 Å². The highest BCUT2D eigenvalue weighted by atomic mass is 35.5. The van der Waals surface area contributed by atoms with E-state index >= 15 is 0 Å². The van der Waals surface area contributed by atoms with Crippen molar-refractivity contribution in [2.45, 2.75) is 13.3 Å². The summed E-state index contributed by atoms with van der Waals surface area (Å²) in [5.74, 6) is 0.118. The van der Waals surface area contributed by atoms with E-state index in [-0.39, 0.29) is 23.2 Å². The molecule has 6 heteroatoms. The Hall–Kier alpha value is -1.36. The summed E-state index contributed by atoms with van der Waals surface area (Å²) in [6, 6.07) is 1.41. The summed E-state index contributed by atoms with van der Waals surface area (Å²) in [5, 5.41) is 0.219. The summed E-state index contributed by atoms with van der Waals surface area (Å²) in [6.07, 6.45) is -0.0153. The molecule has 5 nitrogen and oxygen atoms in total. The van der Waals surface area contributed by atoms with Gasteiger partial charge in [0.15, 0.2) is 0 Å². The molecule has 0 saturated heterocycles. The molecule has 0 amide bonds. The van der Waals surface area contributed by atoms with E-state index in [4.69, 9.17) is 22.1 Å². The Kier molecular flexibility index (Phi) is 3.64. The molecule has 0 aromatic carbocycles. The number of esters is 1. The predicted octanol–water partition coefficient (Wildman–Crippen LogP) is 0.818. The van der Waals surface area contributed by atoms with Crippen molar-refractivity contribution in [2.75, 3.05) is 12.3 Å². The maximum absolute atomic E-state index is 11.0. The summed E-state index contributed by atoms with van der Waals surface area (Å²) in [7, 11) is 0. The number of anilines is 1. The fourth-order valence-electron chi connectivity index (χ4n) is 0.904. The molecule has 2 N–H and O–H groups in total. The minimum Gasteiger partial charge on any atom is -0.466 e. The number of halogens is 1. The molecule has 76 valence electrons. The van der Waals surface area contributed by atoms with Crippen LogP contribution in [0.25, 0.3) is 0 Å². The SMILES string of the molecule is CCOC(=O)Cc1nc(N)cc(Cl)n1. The monoisotopic (exact) mass is 215 g/mol. The van der Waals surface area contributed by atoms with Crippen LogP contribution >= 0.6 is 11.6 Å². The molecule has 0 aliphatic rings. The highest BCUT2D eigenvalue weighted by molar-refractivity contribution is 6.29. The van der Waals surface area contributed by atoms with Gasteiger partial charge < -0.3 is 10.5 Å². The van der Waals surface area contributed by atoms with Crippen LogP contribution in [0.4, 0.5) is 5.82 Å². The van der Waals surface area contributed by atoms with Gasteiger partial charge >= 0.3 is 5.97 Å². The minimum atomic E-state index is -0.394. The highest BCUT2D eigenvalue weighted by Crippen LogP contribution is 2.08. The number of ether oxygens (including phenoxy) is 1. The zero-order valence-corrected chi connectivity index (χ0v) is 8.41. The van der Waals surface area contributed by atoms with Crippen LogP contribution in [0.5, 0.6) is 0 Å². The Morgan fingerprint density at radius 1 is 1.64 bits per heavy atom. The standard InChI is InChI=1S/C8H10ClN3O2/c1-2-14-8(13)4-7-11-5(9)3-6(10)12-7/h3H,2,4H2,1H3,(H2,10,11,12). The Morgan fingerprint density at radius 2 is 2.36 bits per heavy atom. The molecule has 1 heterocycles. The van der Waals surface area contributed by atoms with E-state index in [2.05, 4.69) is 9.97 Å². The lowest BCUT2D eigenvalue weighted by Gasteiger charge is -2.01. The second-order valence-electron chi connectivity index (χ2n) is 2.51. The Bertz CT molecular complexity index is 323. The van der Waals surface area contributed by atoms with E-state index in [0.29, 0.717) is 6.61 Å².